The summed E-state index contributed by atoms with van der Waals surface area (Å²) in [5.74, 6) is 0.483. The molecule has 8 nitrogen and oxygen atoms in total. The molecule has 8 heteroatoms. The zero-order valence-corrected chi connectivity index (χ0v) is 17.3. The Bertz CT molecular complexity index is 1010. The van der Waals surface area contributed by atoms with Crippen molar-refractivity contribution in [2.24, 2.45) is 0 Å². The summed E-state index contributed by atoms with van der Waals surface area (Å²) in [5, 5.41) is 14.9. The summed E-state index contributed by atoms with van der Waals surface area (Å²) < 4.78 is 7.15. The SMILES string of the molecule is CC(C)n1nnnc1-c1cccc(C(=O)Nc2cccc(CN3CCOCC3)c2)c1. The molecule has 3 aromatic rings. The predicted molar refractivity (Wildman–Crippen MR) is 114 cm³/mol. The van der Waals surface area contributed by atoms with Gasteiger partial charge in [-0.05, 0) is 54.1 Å². The predicted octanol–water partition coefficient (Wildman–Crippen LogP) is 3.01. The molecule has 1 saturated heterocycles. The maximum absolute atomic E-state index is 12.9. The second kappa shape index (κ2) is 9.15. The number of hydrogen-bond acceptors (Lipinski definition) is 6. The van der Waals surface area contributed by atoms with Crippen LogP contribution in [0.3, 0.4) is 0 Å². The van der Waals surface area contributed by atoms with Gasteiger partial charge in [0.25, 0.3) is 5.91 Å². The van der Waals surface area contributed by atoms with E-state index in [1.165, 1.54) is 5.56 Å². The summed E-state index contributed by atoms with van der Waals surface area (Å²) in [4.78, 5) is 15.2. The zero-order valence-electron chi connectivity index (χ0n) is 17.3. The number of tetrazole rings is 1. The Morgan fingerprint density at radius 2 is 1.93 bits per heavy atom. The van der Waals surface area contributed by atoms with Gasteiger partial charge in [-0.1, -0.05) is 24.3 Å². The fourth-order valence-electron chi connectivity index (χ4n) is 3.50. The lowest BCUT2D eigenvalue weighted by molar-refractivity contribution is 0.0342. The van der Waals surface area contributed by atoms with E-state index in [0.717, 1.165) is 44.1 Å². The van der Waals surface area contributed by atoms with E-state index < -0.39 is 0 Å². The summed E-state index contributed by atoms with van der Waals surface area (Å²) in [6.07, 6.45) is 0. The Morgan fingerprint density at radius 1 is 1.13 bits per heavy atom. The zero-order chi connectivity index (χ0) is 20.9. The number of carbonyl (C=O) groups excluding carboxylic acids is 1. The Morgan fingerprint density at radius 3 is 2.73 bits per heavy atom. The highest BCUT2D eigenvalue weighted by molar-refractivity contribution is 6.04. The third-order valence-electron chi connectivity index (χ3n) is 5.06. The number of morpholine rings is 1. The Balaban J connectivity index is 1.48. The summed E-state index contributed by atoms with van der Waals surface area (Å²) in [5.41, 5.74) is 3.31. The van der Waals surface area contributed by atoms with E-state index in [2.05, 4.69) is 31.8 Å². The van der Waals surface area contributed by atoms with Crippen molar-refractivity contribution in [3.63, 3.8) is 0 Å². The molecule has 0 radical (unpaired) electrons. The molecule has 156 valence electrons. The van der Waals surface area contributed by atoms with Crippen molar-refractivity contribution in [3.05, 3.63) is 59.7 Å². The molecule has 0 aliphatic carbocycles. The van der Waals surface area contributed by atoms with Gasteiger partial charge in [-0.3, -0.25) is 9.69 Å². The molecule has 4 rings (SSSR count). The van der Waals surface area contributed by atoms with Gasteiger partial charge < -0.3 is 10.1 Å². The van der Waals surface area contributed by atoms with Crippen LogP contribution in [-0.2, 0) is 11.3 Å². The highest BCUT2D eigenvalue weighted by Gasteiger charge is 2.15. The van der Waals surface area contributed by atoms with Crippen LogP contribution in [0.25, 0.3) is 11.4 Å². The van der Waals surface area contributed by atoms with Gasteiger partial charge in [0.2, 0.25) is 0 Å². The number of nitrogens with one attached hydrogen (secondary N) is 1. The third-order valence-corrected chi connectivity index (χ3v) is 5.06. The maximum atomic E-state index is 12.9. The number of benzene rings is 2. The van der Waals surface area contributed by atoms with Crippen LogP contribution in [0.5, 0.6) is 0 Å². The molecule has 1 aliphatic heterocycles. The molecule has 0 spiro atoms. The van der Waals surface area contributed by atoms with E-state index in [9.17, 15) is 4.79 Å². The van der Waals surface area contributed by atoms with Gasteiger partial charge in [-0.15, -0.1) is 5.10 Å². The van der Waals surface area contributed by atoms with Crippen LogP contribution in [0.15, 0.2) is 48.5 Å². The minimum atomic E-state index is -0.163. The van der Waals surface area contributed by atoms with Gasteiger partial charge in [-0.2, -0.15) is 0 Å². The van der Waals surface area contributed by atoms with Gasteiger partial charge in [0, 0.05) is 36.4 Å². The topological polar surface area (TPSA) is 85.2 Å². The van der Waals surface area contributed by atoms with Crippen LogP contribution in [0, 0.1) is 0 Å². The summed E-state index contributed by atoms with van der Waals surface area (Å²) in [6, 6.07) is 15.5. The first-order chi connectivity index (χ1) is 14.6. The van der Waals surface area contributed by atoms with E-state index in [1.807, 2.05) is 50.2 Å². The molecule has 2 heterocycles. The van der Waals surface area contributed by atoms with Crippen LogP contribution >= 0.6 is 0 Å². The molecule has 0 unspecified atom stereocenters. The molecule has 0 bridgehead atoms. The monoisotopic (exact) mass is 406 g/mol. The normalized spacial score (nSPS) is 14.8. The van der Waals surface area contributed by atoms with Crippen LogP contribution in [0.4, 0.5) is 5.69 Å². The van der Waals surface area contributed by atoms with Gasteiger partial charge in [0.1, 0.15) is 0 Å². The molecule has 1 aliphatic rings. The Kier molecular flexibility index (Phi) is 6.15. The maximum Gasteiger partial charge on any atom is 0.255 e. The first-order valence-corrected chi connectivity index (χ1v) is 10.2. The highest BCUT2D eigenvalue weighted by atomic mass is 16.5. The standard InChI is InChI=1S/C22H26N6O2/c1-16(2)28-21(24-25-26-28)18-6-4-7-19(14-18)22(29)23-20-8-3-5-17(13-20)15-27-9-11-30-12-10-27/h3-8,13-14,16H,9-12,15H2,1-2H3,(H,23,29). The molecule has 2 aromatic carbocycles. The minimum absolute atomic E-state index is 0.127. The fourth-order valence-corrected chi connectivity index (χ4v) is 3.50. The molecule has 0 saturated carbocycles. The lowest BCUT2D eigenvalue weighted by Gasteiger charge is -2.26. The van der Waals surface area contributed by atoms with E-state index in [1.54, 1.807) is 10.7 Å². The van der Waals surface area contributed by atoms with Crippen LogP contribution in [-0.4, -0.2) is 57.3 Å². The summed E-state index contributed by atoms with van der Waals surface area (Å²) in [6.45, 7) is 8.28. The first-order valence-electron chi connectivity index (χ1n) is 10.2. The number of aromatic nitrogens is 4. The number of carbonyl (C=O) groups is 1. The number of hydrogen-bond donors (Lipinski definition) is 1. The summed E-state index contributed by atoms with van der Waals surface area (Å²) >= 11 is 0. The highest BCUT2D eigenvalue weighted by Crippen LogP contribution is 2.21. The van der Waals surface area contributed by atoms with Gasteiger partial charge in [0.15, 0.2) is 5.82 Å². The van der Waals surface area contributed by atoms with Crippen molar-refractivity contribution < 1.29 is 9.53 Å². The minimum Gasteiger partial charge on any atom is -0.379 e. The molecular weight excluding hydrogens is 380 g/mol. The average molecular weight is 406 g/mol. The van der Waals surface area contributed by atoms with Crippen LogP contribution < -0.4 is 5.32 Å². The molecule has 1 amide bonds. The lowest BCUT2D eigenvalue weighted by atomic mass is 10.1. The quantitative estimate of drug-likeness (QED) is 0.677. The number of nitrogens with zero attached hydrogens (tertiary/aromatic N) is 5. The molecule has 1 N–H and O–H groups in total. The van der Waals surface area contributed by atoms with E-state index in [0.29, 0.717) is 11.4 Å². The van der Waals surface area contributed by atoms with Gasteiger partial charge in [-0.25, -0.2) is 4.68 Å². The fraction of sp³-hybridized carbons (Fsp3) is 0.364. The first kappa shape index (κ1) is 20.2. The van der Waals surface area contributed by atoms with Crippen molar-refractivity contribution in [1.29, 1.82) is 0 Å². The molecule has 0 atom stereocenters. The average Bonchev–Trinajstić information content (AvgIpc) is 3.25. The largest absolute Gasteiger partial charge is 0.379 e. The van der Waals surface area contributed by atoms with Gasteiger partial charge in [0.05, 0.1) is 19.3 Å². The lowest BCUT2D eigenvalue weighted by Crippen LogP contribution is -2.35. The number of anilines is 1. The van der Waals surface area contributed by atoms with Crippen molar-refractivity contribution in [2.45, 2.75) is 26.4 Å². The van der Waals surface area contributed by atoms with Crippen molar-refractivity contribution in [3.8, 4) is 11.4 Å². The Labute approximate surface area is 175 Å². The second-order valence-electron chi connectivity index (χ2n) is 7.66. The molecule has 1 fully saturated rings. The van der Waals surface area contributed by atoms with Crippen LogP contribution in [0.1, 0.15) is 35.8 Å². The van der Waals surface area contributed by atoms with E-state index in [4.69, 9.17) is 4.74 Å². The molecule has 1 aromatic heterocycles. The summed E-state index contributed by atoms with van der Waals surface area (Å²) in [7, 11) is 0. The van der Waals surface area contributed by atoms with Crippen molar-refractivity contribution in [2.75, 3.05) is 31.6 Å². The van der Waals surface area contributed by atoms with Crippen molar-refractivity contribution >= 4 is 11.6 Å². The molecular formula is C22H26N6O2. The number of ether oxygens (including phenoxy) is 1. The third kappa shape index (κ3) is 4.72. The van der Waals surface area contributed by atoms with Crippen LogP contribution in [0.2, 0.25) is 0 Å². The second-order valence-corrected chi connectivity index (χ2v) is 7.66. The van der Waals surface area contributed by atoms with Crippen molar-refractivity contribution in [1.82, 2.24) is 25.1 Å². The van der Waals surface area contributed by atoms with Gasteiger partial charge >= 0.3 is 0 Å². The van der Waals surface area contributed by atoms with E-state index in [-0.39, 0.29) is 11.9 Å². The molecule has 30 heavy (non-hydrogen) atoms. The van der Waals surface area contributed by atoms with E-state index >= 15 is 0 Å². The smallest absolute Gasteiger partial charge is 0.255 e. The Hall–Kier alpha value is -3.10. The number of amides is 1. The number of rotatable bonds is 6.